The van der Waals surface area contributed by atoms with Crippen molar-refractivity contribution in [1.82, 2.24) is 20.6 Å². The van der Waals surface area contributed by atoms with Crippen molar-refractivity contribution in [3.63, 3.8) is 0 Å². The molecule has 3 rings (SSSR count). The lowest BCUT2D eigenvalue weighted by atomic mass is 10.2. The molecule has 1 aliphatic heterocycles. The molecule has 1 saturated heterocycles. The van der Waals surface area contributed by atoms with Crippen LogP contribution in [-0.4, -0.2) is 27.7 Å². The number of nitrogens with one attached hydrogen (secondary N) is 2. The molecule has 1 fully saturated rings. The van der Waals surface area contributed by atoms with E-state index >= 15 is 0 Å². The number of anilines is 1. The number of aromatic nitrogens is 3. The van der Waals surface area contributed by atoms with E-state index in [4.69, 9.17) is 4.52 Å². The Balaban J connectivity index is 1.70. The highest BCUT2D eigenvalue weighted by atomic mass is 16.5. The first-order valence-corrected chi connectivity index (χ1v) is 5.61. The first kappa shape index (κ1) is 10.9. The van der Waals surface area contributed by atoms with Gasteiger partial charge in [0.1, 0.15) is 6.26 Å². The quantitative estimate of drug-likeness (QED) is 0.825. The summed E-state index contributed by atoms with van der Waals surface area (Å²) >= 11 is 0. The van der Waals surface area contributed by atoms with Gasteiger partial charge in [-0.2, -0.15) is 4.98 Å². The fourth-order valence-corrected chi connectivity index (χ4v) is 1.81. The van der Waals surface area contributed by atoms with Crippen molar-refractivity contribution in [2.75, 3.05) is 11.9 Å². The SMILES string of the molecule is O=C(Nc1ccon1)c1noc(C2CCCN2)n1. The summed E-state index contributed by atoms with van der Waals surface area (Å²) in [5.74, 6) is 0.266. The number of rotatable bonds is 3. The van der Waals surface area contributed by atoms with Gasteiger partial charge in [0.2, 0.25) is 5.89 Å². The Labute approximate surface area is 102 Å². The van der Waals surface area contributed by atoms with Gasteiger partial charge in [-0.25, -0.2) is 0 Å². The molecule has 2 aromatic heterocycles. The summed E-state index contributed by atoms with van der Waals surface area (Å²) in [6.45, 7) is 0.924. The van der Waals surface area contributed by atoms with Crippen LogP contribution in [-0.2, 0) is 0 Å². The zero-order chi connectivity index (χ0) is 12.4. The van der Waals surface area contributed by atoms with Crippen LogP contribution in [0.1, 0.15) is 35.4 Å². The van der Waals surface area contributed by atoms with E-state index in [2.05, 4.69) is 30.5 Å². The number of hydrogen-bond acceptors (Lipinski definition) is 7. The van der Waals surface area contributed by atoms with Crippen molar-refractivity contribution in [2.24, 2.45) is 0 Å². The summed E-state index contributed by atoms with van der Waals surface area (Å²) in [6, 6.07) is 1.57. The Bertz CT molecular complexity index is 529. The molecule has 1 atom stereocenters. The van der Waals surface area contributed by atoms with Crippen molar-refractivity contribution in [3.05, 3.63) is 24.0 Å². The maximum absolute atomic E-state index is 11.7. The van der Waals surface area contributed by atoms with E-state index in [1.165, 1.54) is 12.3 Å². The van der Waals surface area contributed by atoms with Gasteiger partial charge in [0.15, 0.2) is 5.82 Å². The smallest absolute Gasteiger partial charge is 0.298 e. The fourth-order valence-electron chi connectivity index (χ4n) is 1.81. The van der Waals surface area contributed by atoms with E-state index in [9.17, 15) is 4.79 Å². The molecule has 0 spiro atoms. The minimum absolute atomic E-state index is 0.0123. The van der Waals surface area contributed by atoms with Gasteiger partial charge in [-0.05, 0) is 19.4 Å². The third-order valence-corrected chi connectivity index (χ3v) is 2.68. The van der Waals surface area contributed by atoms with Crippen LogP contribution in [0.5, 0.6) is 0 Å². The van der Waals surface area contributed by atoms with Crippen LogP contribution in [0, 0.1) is 0 Å². The summed E-state index contributed by atoms with van der Waals surface area (Å²) in [5.41, 5.74) is 0. The highest BCUT2D eigenvalue weighted by Gasteiger charge is 2.24. The summed E-state index contributed by atoms with van der Waals surface area (Å²) in [6.07, 6.45) is 3.36. The highest BCUT2D eigenvalue weighted by Crippen LogP contribution is 2.21. The molecule has 1 unspecified atom stereocenters. The topological polar surface area (TPSA) is 106 Å². The maximum atomic E-state index is 11.7. The number of carbonyl (C=O) groups excluding carboxylic acids is 1. The summed E-state index contributed by atoms with van der Waals surface area (Å²) in [4.78, 5) is 15.8. The zero-order valence-electron chi connectivity index (χ0n) is 9.42. The van der Waals surface area contributed by atoms with Crippen molar-refractivity contribution in [2.45, 2.75) is 18.9 Å². The van der Waals surface area contributed by atoms with Crippen molar-refractivity contribution >= 4 is 11.7 Å². The van der Waals surface area contributed by atoms with Crippen molar-refractivity contribution < 1.29 is 13.8 Å². The van der Waals surface area contributed by atoms with Crippen LogP contribution >= 0.6 is 0 Å². The molecule has 2 N–H and O–H groups in total. The molecule has 1 aliphatic rings. The molecular formula is C10H11N5O3. The van der Waals surface area contributed by atoms with E-state index < -0.39 is 5.91 Å². The van der Waals surface area contributed by atoms with Gasteiger partial charge >= 0.3 is 0 Å². The number of carbonyl (C=O) groups is 1. The van der Waals surface area contributed by atoms with Gasteiger partial charge in [0.05, 0.1) is 6.04 Å². The van der Waals surface area contributed by atoms with Gasteiger partial charge < -0.3 is 19.7 Å². The normalized spacial score (nSPS) is 19.0. The predicted molar refractivity (Wildman–Crippen MR) is 58.7 cm³/mol. The Morgan fingerprint density at radius 2 is 2.44 bits per heavy atom. The summed E-state index contributed by atoms with van der Waals surface area (Å²) < 4.78 is 9.66. The van der Waals surface area contributed by atoms with Gasteiger partial charge in [-0.15, -0.1) is 0 Å². The van der Waals surface area contributed by atoms with Gasteiger partial charge in [-0.3, -0.25) is 4.79 Å². The van der Waals surface area contributed by atoms with Crippen LogP contribution in [0.15, 0.2) is 21.4 Å². The average molecular weight is 249 g/mol. The van der Waals surface area contributed by atoms with Crippen LogP contribution in [0.2, 0.25) is 0 Å². The summed E-state index contributed by atoms with van der Waals surface area (Å²) in [7, 11) is 0. The molecule has 8 heteroatoms. The molecule has 2 aromatic rings. The lowest BCUT2D eigenvalue weighted by Gasteiger charge is -2.01. The summed E-state index contributed by atoms with van der Waals surface area (Å²) in [5, 5.41) is 12.9. The van der Waals surface area contributed by atoms with Crippen LogP contribution in [0.25, 0.3) is 0 Å². The monoisotopic (exact) mass is 249 g/mol. The van der Waals surface area contributed by atoms with Crippen molar-refractivity contribution in [3.8, 4) is 0 Å². The largest absolute Gasteiger partial charge is 0.363 e. The van der Waals surface area contributed by atoms with E-state index in [-0.39, 0.29) is 11.9 Å². The van der Waals surface area contributed by atoms with E-state index in [0.717, 1.165) is 19.4 Å². The Morgan fingerprint density at radius 3 is 3.17 bits per heavy atom. The minimum Gasteiger partial charge on any atom is -0.363 e. The standard InChI is InChI=1S/C10H11N5O3/c16-9(12-7-3-5-17-14-7)8-13-10(18-15-8)6-2-1-4-11-6/h3,5-6,11H,1-2,4H2,(H,12,14,16). The molecule has 3 heterocycles. The van der Waals surface area contributed by atoms with Crippen molar-refractivity contribution in [1.29, 1.82) is 0 Å². The third kappa shape index (κ3) is 2.09. The molecule has 8 nitrogen and oxygen atoms in total. The number of amides is 1. The second-order valence-electron chi connectivity index (χ2n) is 3.94. The molecule has 0 saturated carbocycles. The second kappa shape index (κ2) is 4.57. The molecule has 0 aromatic carbocycles. The lowest BCUT2D eigenvalue weighted by molar-refractivity contribution is 0.101. The fraction of sp³-hybridized carbons (Fsp3) is 0.400. The van der Waals surface area contributed by atoms with Gasteiger partial charge in [-0.1, -0.05) is 10.3 Å². The van der Waals surface area contributed by atoms with E-state index in [1.807, 2.05) is 0 Å². The number of nitrogens with zero attached hydrogens (tertiary/aromatic N) is 3. The molecule has 0 radical (unpaired) electrons. The second-order valence-corrected chi connectivity index (χ2v) is 3.94. The lowest BCUT2D eigenvalue weighted by Crippen LogP contribution is -2.15. The highest BCUT2D eigenvalue weighted by molar-refractivity contribution is 6.00. The van der Waals surface area contributed by atoms with E-state index in [1.54, 1.807) is 0 Å². The van der Waals surface area contributed by atoms with Gasteiger partial charge in [0, 0.05) is 6.07 Å². The van der Waals surface area contributed by atoms with Crippen LogP contribution < -0.4 is 10.6 Å². The van der Waals surface area contributed by atoms with Crippen LogP contribution in [0.4, 0.5) is 5.82 Å². The molecule has 0 bridgehead atoms. The predicted octanol–water partition coefficient (Wildman–Crippen LogP) is 0.734. The Morgan fingerprint density at radius 1 is 1.50 bits per heavy atom. The molecular weight excluding hydrogens is 238 g/mol. The molecule has 1 amide bonds. The third-order valence-electron chi connectivity index (χ3n) is 2.68. The Hall–Kier alpha value is -2.22. The zero-order valence-corrected chi connectivity index (χ0v) is 9.42. The first-order chi connectivity index (χ1) is 8.83. The van der Waals surface area contributed by atoms with Gasteiger partial charge in [0.25, 0.3) is 11.7 Å². The van der Waals surface area contributed by atoms with E-state index in [0.29, 0.717) is 11.7 Å². The number of hydrogen-bond donors (Lipinski definition) is 2. The average Bonchev–Trinajstić information content (AvgIpc) is 3.11. The first-order valence-electron chi connectivity index (χ1n) is 5.61. The van der Waals surface area contributed by atoms with Crippen LogP contribution in [0.3, 0.4) is 0 Å². The maximum Gasteiger partial charge on any atom is 0.298 e. The molecule has 94 valence electrons. The molecule has 18 heavy (non-hydrogen) atoms. The Kier molecular flexibility index (Phi) is 2.77. The molecule has 0 aliphatic carbocycles. The minimum atomic E-state index is -0.475.